The van der Waals surface area contributed by atoms with E-state index in [9.17, 15) is 9.59 Å². The highest BCUT2D eigenvalue weighted by atomic mass is 16.2. The molecule has 1 saturated carbocycles. The lowest BCUT2D eigenvalue weighted by Gasteiger charge is -2.14. The van der Waals surface area contributed by atoms with Crippen molar-refractivity contribution < 1.29 is 9.59 Å². The number of hydrogen-bond donors (Lipinski definition) is 0. The summed E-state index contributed by atoms with van der Waals surface area (Å²) in [6, 6.07) is 0. The standard InChI is InChI=1S/C10H14N4O2/c11-13-12-5-2-6-14-9(15)7-3-1-4-8(7)10(14)16/h7-8H,1-6H2. The summed E-state index contributed by atoms with van der Waals surface area (Å²) in [5, 5.41) is 3.39. The largest absolute Gasteiger partial charge is 0.282 e. The van der Waals surface area contributed by atoms with Crippen molar-refractivity contribution in [3.63, 3.8) is 0 Å². The smallest absolute Gasteiger partial charge is 0.233 e. The van der Waals surface area contributed by atoms with Gasteiger partial charge in [-0.3, -0.25) is 14.5 Å². The van der Waals surface area contributed by atoms with Crippen molar-refractivity contribution in [1.82, 2.24) is 4.90 Å². The lowest BCUT2D eigenvalue weighted by Crippen LogP contribution is -2.33. The van der Waals surface area contributed by atoms with Crippen molar-refractivity contribution in [2.45, 2.75) is 25.7 Å². The minimum Gasteiger partial charge on any atom is -0.282 e. The minimum atomic E-state index is -0.0630. The number of likely N-dealkylation sites (tertiary alicyclic amines) is 1. The van der Waals surface area contributed by atoms with Crippen molar-refractivity contribution in [1.29, 1.82) is 0 Å². The maximum Gasteiger partial charge on any atom is 0.233 e. The van der Waals surface area contributed by atoms with Crippen molar-refractivity contribution >= 4 is 11.8 Å². The number of carbonyl (C=O) groups is 2. The summed E-state index contributed by atoms with van der Waals surface area (Å²) in [5.74, 6) is -0.166. The number of nitrogens with zero attached hydrogens (tertiary/aromatic N) is 4. The lowest BCUT2D eigenvalue weighted by molar-refractivity contribution is -0.140. The fraction of sp³-hybridized carbons (Fsp3) is 0.800. The molecule has 1 aliphatic heterocycles. The first-order valence-electron chi connectivity index (χ1n) is 5.62. The van der Waals surface area contributed by atoms with Crippen LogP contribution in [0.4, 0.5) is 0 Å². The molecular formula is C10H14N4O2. The highest BCUT2D eigenvalue weighted by molar-refractivity contribution is 6.05. The molecule has 2 atom stereocenters. The van der Waals surface area contributed by atoms with E-state index in [1.54, 1.807) is 0 Å². The fourth-order valence-corrected chi connectivity index (χ4v) is 2.62. The molecular weight excluding hydrogens is 208 g/mol. The molecule has 2 aliphatic rings. The van der Waals surface area contributed by atoms with Gasteiger partial charge in [-0.05, 0) is 24.8 Å². The van der Waals surface area contributed by atoms with Gasteiger partial charge in [-0.2, -0.15) is 0 Å². The average molecular weight is 222 g/mol. The third-order valence-corrected chi connectivity index (χ3v) is 3.39. The first kappa shape index (κ1) is 11.0. The molecule has 1 heterocycles. The minimum absolute atomic E-state index is 0.0200. The summed E-state index contributed by atoms with van der Waals surface area (Å²) in [7, 11) is 0. The molecule has 6 nitrogen and oxygen atoms in total. The Morgan fingerprint density at radius 3 is 2.50 bits per heavy atom. The number of rotatable bonds is 4. The molecule has 1 aliphatic carbocycles. The summed E-state index contributed by atoms with van der Waals surface area (Å²) >= 11 is 0. The van der Waals surface area contributed by atoms with Gasteiger partial charge < -0.3 is 0 Å². The van der Waals surface area contributed by atoms with Crippen LogP contribution in [-0.4, -0.2) is 29.8 Å². The Labute approximate surface area is 93.2 Å². The Hall–Kier alpha value is -1.55. The number of fused-ring (bicyclic) bond motifs is 1. The second kappa shape index (κ2) is 4.53. The van der Waals surface area contributed by atoms with Crippen molar-refractivity contribution in [2.24, 2.45) is 17.0 Å². The topological polar surface area (TPSA) is 86.1 Å². The van der Waals surface area contributed by atoms with E-state index in [4.69, 9.17) is 5.53 Å². The Balaban J connectivity index is 1.93. The predicted octanol–water partition coefficient (Wildman–Crippen LogP) is 1.47. The lowest BCUT2D eigenvalue weighted by atomic mass is 10.00. The summed E-state index contributed by atoms with van der Waals surface area (Å²) in [4.78, 5) is 27.7. The molecule has 1 saturated heterocycles. The Bertz CT molecular complexity index is 340. The zero-order chi connectivity index (χ0) is 11.5. The normalized spacial score (nSPS) is 28.1. The summed E-state index contributed by atoms with van der Waals surface area (Å²) < 4.78 is 0. The van der Waals surface area contributed by atoms with E-state index in [0.717, 1.165) is 19.3 Å². The third-order valence-electron chi connectivity index (χ3n) is 3.39. The second-order valence-corrected chi connectivity index (χ2v) is 4.28. The molecule has 2 rings (SSSR count). The van der Waals surface area contributed by atoms with Crippen LogP contribution in [0.1, 0.15) is 25.7 Å². The molecule has 2 amide bonds. The summed E-state index contributed by atoms with van der Waals surface area (Å²) in [6.45, 7) is 0.729. The van der Waals surface area contributed by atoms with Crippen molar-refractivity contribution in [2.75, 3.05) is 13.1 Å². The maximum atomic E-state index is 11.9. The first-order chi connectivity index (χ1) is 7.75. The number of amides is 2. The van der Waals surface area contributed by atoms with Crippen LogP contribution in [0, 0.1) is 11.8 Å². The van der Waals surface area contributed by atoms with E-state index in [1.165, 1.54) is 4.90 Å². The maximum absolute atomic E-state index is 11.9. The number of imide groups is 1. The van der Waals surface area contributed by atoms with Crippen LogP contribution in [0.3, 0.4) is 0 Å². The van der Waals surface area contributed by atoms with E-state index in [1.807, 2.05) is 0 Å². The number of azide groups is 1. The highest BCUT2D eigenvalue weighted by Gasteiger charge is 2.49. The molecule has 0 N–H and O–H groups in total. The van der Waals surface area contributed by atoms with Gasteiger partial charge in [0.25, 0.3) is 0 Å². The zero-order valence-corrected chi connectivity index (χ0v) is 9.00. The van der Waals surface area contributed by atoms with Gasteiger partial charge in [0.1, 0.15) is 0 Å². The van der Waals surface area contributed by atoms with Crippen molar-refractivity contribution in [3.05, 3.63) is 10.4 Å². The van der Waals surface area contributed by atoms with Crippen LogP contribution < -0.4 is 0 Å². The van der Waals surface area contributed by atoms with Gasteiger partial charge in [0.05, 0.1) is 11.8 Å². The Morgan fingerprint density at radius 1 is 1.31 bits per heavy atom. The second-order valence-electron chi connectivity index (χ2n) is 4.28. The van der Waals surface area contributed by atoms with Gasteiger partial charge in [0.15, 0.2) is 0 Å². The average Bonchev–Trinajstić information content (AvgIpc) is 2.83. The monoisotopic (exact) mass is 222 g/mol. The van der Waals surface area contributed by atoms with Crippen LogP contribution in [0.2, 0.25) is 0 Å². The number of carbonyl (C=O) groups excluding carboxylic acids is 2. The molecule has 6 heteroatoms. The van der Waals surface area contributed by atoms with Gasteiger partial charge >= 0.3 is 0 Å². The highest BCUT2D eigenvalue weighted by Crippen LogP contribution is 2.39. The first-order valence-corrected chi connectivity index (χ1v) is 5.62. The van der Waals surface area contributed by atoms with Crippen LogP contribution >= 0.6 is 0 Å². The molecule has 0 spiro atoms. The molecule has 2 unspecified atom stereocenters. The van der Waals surface area contributed by atoms with Crippen LogP contribution in [0.5, 0.6) is 0 Å². The molecule has 0 bridgehead atoms. The van der Waals surface area contributed by atoms with E-state index in [-0.39, 0.29) is 23.7 Å². The van der Waals surface area contributed by atoms with Crippen molar-refractivity contribution in [3.8, 4) is 0 Å². The fourth-order valence-electron chi connectivity index (χ4n) is 2.62. The zero-order valence-electron chi connectivity index (χ0n) is 9.00. The van der Waals surface area contributed by atoms with Crippen LogP contribution in [0.25, 0.3) is 10.4 Å². The molecule has 2 fully saturated rings. The molecule has 16 heavy (non-hydrogen) atoms. The van der Waals surface area contributed by atoms with E-state index >= 15 is 0 Å². The molecule has 0 aromatic heterocycles. The van der Waals surface area contributed by atoms with Gasteiger partial charge in [-0.1, -0.05) is 11.5 Å². The third kappa shape index (κ3) is 1.76. The quantitative estimate of drug-likeness (QED) is 0.237. The molecule has 0 aromatic rings. The SMILES string of the molecule is [N-]=[N+]=NCCCN1C(=O)C2CCCC2C1=O. The molecule has 0 radical (unpaired) electrons. The van der Waals surface area contributed by atoms with E-state index in [0.29, 0.717) is 19.5 Å². The summed E-state index contributed by atoms with van der Waals surface area (Å²) in [5.41, 5.74) is 8.10. The Morgan fingerprint density at radius 2 is 1.94 bits per heavy atom. The molecule has 0 aromatic carbocycles. The van der Waals surface area contributed by atoms with E-state index in [2.05, 4.69) is 10.0 Å². The van der Waals surface area contributed by atoms with Gasteiger partial charge in [-0.15, -0.1) is 0 Å². The van der Waals surface area contributed by atoms with Gasteiger partial charge in [-0.25, -0.2) is 0 Å². The molecule has 86 valence electrons. The van der Waals surface area contributed by atoms with Gasteiger partial charge in [0, 0.05) is 18.0 Å². The van der Waals surface area contributed by atoms with Crippen LogP contribution in [-0.2, 0) is 9.59 Å². The Kier molecular flexibility index (Phi) is 3.10. The number of hydrogen-bond acceptors (Lipinski definition) is 3. The van der Waals surface area contributed by atoms with Crippen LogP contribution in [0.15, 0.2) is 5.11 Å². The van der Waals surface area contributed by atoms with Gasteiger partial charge in [0.2, 0.25) is 11.8 Å². The predicted molar refractivity (Wildman–Crippen MR) is 56.2 cm³/mol. The van der Waals surface area contributed by atoms with E-state index < -0.39 is 0 Å². The summed E-state index contributed by atoms with van der Waals surface area (Å²) in [6.07, 6.45) is 3.24.